The highest BCUT2D eigenvalue weighted by Gasteiger charge is 2.29. The number of hydrogen-bond acceptors (Lipinski definition) is 4. The lowest BCUT2D eigenvalue weighted by Gasteiger charge is -2.23. The van der Waals surface area contributed by atoms with Crippen LogP contribution in [0.25, 0.3) is 135 Å². The van der Waals surface area contributed by atoms with E-state index in [0.717, 1.165) is 70.3 Å². The van der Waals surface area contributed by atoms with E-state index in [-0.39, 0.29) is 17.4 Å². The highest BCUT2D eigenvalue weighted by molar-refractivity contribution is 6.47. The molecule has 2 aromatic heterocycles. The quantitative estimate of drug-likeness (QED) is 0.0965. The number of amides is 2. The van der Waals surface area contributed by atoms with Gasteiger partial charge in [-0.05, 0) is 133 Å². The summed E-state index contributed by atoms with van der Waals surface area (Å²) < 4.78 is 1.77. The number of imide groups is 1. The molecular weight excluding hydrogens is 691 g/mol. The van der Waals surface area contributed by atoms with Gasteiger partial charge in [0, 0.05) is 32.7 Å². The minimum absolute atomic E-state index is 0.0421. The normalized spacial score (nSPS) is 14.0. The number of para-hydroxylation sites is 2. The molecule has 56 heavy (non-hydrogen) atoms. The Morgan fingerprint density at radius 3 is 1.14 bits per heavy atom. The Morgan fingerprint density at radius 1 is 0.357 bits per heavy atom. The predicted molar refractivity (Wildman–Crippen MR) is 228 cm³/mol. The first kappa shape index (κ1) is 27.8. The fraction of sp³-hybridized carbons (Fsp3) is 0. The van der Waals surface area contributed by atoms with Gasteiger partial charge in [0.2, 0.25) is 0 Å². The molecule has 14 aromatic rings. The molecule has 3 heterocycles. The van der Waals surface area contributed by atoms with Crippen molar-refractivity contribution in [2.24, 2.45) is 0 Å². The van der Waals surface area contributed by atoms with Gasteiger partial charge in [0.05, 0.1) is 11.0 Å². The molecular formula is C50H21N3O3. The summed E-state index contributed by atoms with van der Waals surface area (Å²) in [5.74, 6) is -0.702. The van der Waals surface area contributed by atoms with E-state index in [4.69, 9.17) is 4.98 Å². The number of imidazole rings is 1. The number of fused-ring (bicyclic) bond motifs is 10. The maximum atomic E-state index is 14.2. The Bertz CT molecular complexity index is 4150. The number of aromatic nitrogens is 2. The Morgan fingerprint density at radius 2 is 0.696 bits per heavy atom. The first-order valence-electron chi connectivity index (χ1n) is 18.8. The van der Waals surface area contributed by atoms with Gasteiger partial charge in [-0.2, -0.15) is 0 Å². The molecule has 12 aromatic carbocycles. The fourth-order valence-corrected chi connectivity index (χ4v) is 11.2. The Hall–Kier alpha value is -7.70. The molecule has 0 saturated heterocycles. The number of nitrogens with zero attached hydrogens (tertiary/aromatic N) is 2. The molecule has 0 spiro atoms. The lowest BCUT2D eigenvalue weighted by atomic mass is 9.80. The largest absolute Gasteiger partial charge is 0.288 e. The number of pyridine rings is 1. The summed E-state index contributed by atoms with van der Waals surface area (Å²) in [6, 6.07) is 42.3. The number of benzene rings is 12. The zero-order valence-corrected chi connectivity index (χ0v) is 29.2. The van der Waals surface area contributed by atoms with Gasteiger partial charge in [0.15, 0.2) is 0 Å². The van der Waals surface area contributed by atoms with Crippen molar-refractivity contribution in [2.45, 2.75) is 0 Å². The third-order valence-corrected chi connectivity index (χ3v) is 13.3. The van der Waals surface area contributed by atoms with Crippen molar-refractivity contribution in [3.05, 3.63) is 143 Å². The molecule has 0 aliphatic carbocycles. The van der Waals surface area contributed by atoms with Crippen molar-refractivity contribution in [2.75, 3.05) is 0 Å². The minimum atomic E-state index is -0.351. The Balaban J connectivity index is 1.11. The van der Waals surface area contributed by atoms with Crippen LogP contribution in [0.2, 0.25) is 0 Å². The van der Waals surface area contributed by atoms with Crippen molar-refractivity contribution < 1.29 is 9.59 Å². The van der Waals surface area contributed by atoms with Gasteiger partial charge in [-0.1, -0.05) is 84.9 Å². The molecule has 0 fully saturated rings. The summed E-state index contributed by atoms with van der Waals surface area (Å²) in [6.07, 6.45) is 0. The molecule has 15 rings (SSSR count). The molecule has 1 aliphatic rings. The minimum Gasteiger partial charge on any atom is -0.288 e. The van der Waals surface area contributed by atoms with Crippen molar-refractivity contribution in [3.8, 4) is 0 Å². The highest BCUT2D eigenvalue weighted by atomic mass is 16.2. The first-order chi connectivity index (χ1) is 27.5. The third kappa shape index (κ3) is 2.83. The van der Waals surface area contributed by atoms with E-state index < -0.39 is 0 Å². The molecule has 2 amide bonds. The number of carbonyl (C=O) groups excluding carboxylic acids is 2. The van der Waals surface area contributed by atoms with E-state index in [1.54, 1.807) is 4.40 Å². The van der Waals surface area contributed by atoms with Gasteiger partial charge in [0.1, 0.15) is 5.65 Å². The van der Waals surface area contributed by atoms with Crippen LogP contribution < -0.4 is 10.9 Å². The molecule has 0 atom stereocenters. The van der Waals surface area contributed by atoms with Crippen LogP contribution in [0.3, 0.4) is 0 Å². The van der Waals surface area contributed by atoms with Gasteiger partial charge < -0.3 is 0 Å². The smallest absolute Gasteiger partial charge is 0.264 e. The topological polar surface area (TPSA) is 80.5 Å². The zero-order chi connectivity index (χ0) is 36.5. The molecule has 6 heteroatoms. The molecule has 6 nitrogen and oxygen atoms in total. The maximum Gasteiger partial charge on any atom is 0.264 e. The van der Waals surface area contributed by atoms with E-state index in [0.29, 0.717) is 22.2 Å². The van der Waals surface area contributed by atoms with Gasteiger partial charge in [-0.3, -0.25) is 24.1 Å². The van der Waals surface area contributed by atoms with Gasteiger partial charge in [0.25, 0.3) is 17.4 Å². The summed E-state index contributed by atoms with van der Waals surface area (Å²) in [5.41, 5.74) is 3.37. The first-order valence-corrected chi connectivity index (χ1v) is 18.8. The van der Waals surface area contributed by atoms with Crippen LogP contribution in [0.4, 0.5) is 0 Å². The summed E-state index contributed by atoms with van der Waals surface area (Å²) in [4.78, 5) is 45.2. The predicted octanol–water partition coefficient (Wildman–Crippen LogP) is 11.2. The van der Waals surface area contributed by atoms with Crippen molar-refractivity contribution in [1.82, 2.24) is 14.7 Å². The average molecular weight is 712 g/mol. The van der Waals surface area contributed by atoms with E-state index >= 15 is 0 Å². The lowest BCUT2D eigenvalue weighted by molar-refractivity contribution is 0.0845. The number of rotatable bonds is 0. The molecule has 0 unspecified atom stereocenters. The Kier molecular flexibility index (Phi) is 4.38. The molecule has 254 valence electrons. The molecule has 0 radical (unpaired) electrons. The second-order valence-electron chi connectivity index (χ2n) is 15.6. The van der Waals surface area contributed by atoms with Crippen LogP contribution in [-0.2, 0) is 0 Å². The van der Waals surface area contributed by atoms with Crippen molar-refractivity contribution >= 4 is 147 Å². The molecule has 0 bridgehead atoms. The van der Waals surface area contributed by atoms with Crippen LogP contribution in [0.15, 0.2) is 126 Å². The van der Waals surface area contributed by atoms with Crippen LogP contribution >= 0.6 is 0 Å². The number of hydrogen-bond donors (Lipinski definition) is 1. The van der Waals surface area contributed by atoms with Crippen molar-refractivity contribution in [1.29, 1.82) is 0 Å². The van der Waals surface area contributed by atoms with Crippen LogP contribution in [-0.4, -0.2) is 21.2 Å². The lowest BCUT2D eigenvalue weighted by Crippen LogP contribution is -2.34. The molecule has 1 N–H and O–H groups in total. The highest BCUT2D eigenvalue weighted by Crippen LogP contribution is 2.51. The van der Waals surface area contributed by atoms with E-state index in [2.05, 4.69) is 72.0 Å². The van der Waals surface area contributed by atoms with E-state index in [1.165, 1.54) is 53.9 Å². The van der Waals surface area contributed by atoms with E-state index in [1.807, 2.05) is 54.6 Å². The van der Waals surface area contributed by atoms with Gasteiger partial charge >= 0.3 is 0 Å². The van der Waals surface area contributed by atoms with Crippen LogP contribution in [0.1, 0.15) is 20.7 Å². The van der Waals surface area contributed by atoms with Crippen LogP contribution in [0, 0.1) is 0 Å². The summed E-state index contributed by atoms with van der Waals surface area (Å²) in [6.45, 7) is 0. The second-order valence-corrected chi connectivity index (χ2v) is 15.6. The standard InChI is InChI=1S/C50H21N3O3/c54-48-34-18-14-30-26-10-6-22-21-5-9-25-29-13-17-33-45-36(50(56)53-38-4-2-1-3-37(38)51-47(33)53)20-16-32(43(29)45)28-12-8-24(39(21)41(25)28)23-7-11-27(42(26)40(22)23)31-15-19-35(49(55)52-48)46(34)44(30)31/h1-20H,(H,52,54,55). The second kappa shape index (κ2) is 8.81. The molecule has 1 aliphatic heterocycles. The summed E-state index contributed by atoms with van der Waals surface area (Å²) in [7, 11) is 0. The number of nitrogens with one attached hydrogen (secondary N) is 1. The summed E-state index contributed by atoms with van der Waals surface area (Å²) in [5, 5.41) is 26.6. The SMILES string of the molecule is O=C1NC(=O)c2ccc3c4ccc5c6ccc7c8ccc9c%10c(ccc(c%11ccc(c%12ccc(c%13ccc1c2c%133)c4c%125)c6c%117)c8%10)c(=O)n1c2ccccc2nc91. The fourth-order valence-electron chi connectivity index (χ4n) is 11.2. The monoisotopic (exact) mass is 711 g/mol. The maximum absolute atomic E-state index is 14.2. The van der Waals surface area contributed by atoms with E-state index in [9.17, 15) is 14.4 Å². The summed E-state index contributed by atoms with van der Waals surface area (Å²) >= 11 is 0. The van der Waals surface area contributed by atoms with Crippen LogP contribution in [0.5, 0.6) is 0 Å². The van der Waals surface area contributed by atoms with Gasteiger partial charge in [-0.25, -0.2) is 4.98 Å². The molecule has 0 saturated carbocycles. The number of carbonyl (C=O) groups is 2. The van der Waals surface area contributed by atoms with Crippen molar-refractivity contribution in [3.63, 3.8) is 0 Å². The average Bonchev–Trinajstić information content (AvgIpc) is 3.63. The zero-order valence-electron chi connectivity index (χ0n) is 29.2. The van der Waals surface area contributed by atoms with Gasteiger partial charge in [-0.15, -0.1) is 0 Å². The Labute approximate surface area is 313 Å². The third-order valence-electron chi connectivity index (χ3n) is 13.3.